The van der Waals surface area contributed by atoms with Crippen LogP contribution >= 0.6 is 0 Å². The van der Waals surface area contributed by atoms with E-state index in [1.165, 1.54) is 24.8 Å². The summed E-state index contributed by atoms with van der Waals surface area (Å²) in [6.45, 7) is 10.4. The summed E-state index contributed by atoms with van der Waals surface area (Å²) in [4.78, 5) is 17.1. The molecule has 1 saturated carbocycles. The summed E-state index contributed by atoms with van der Waals surface area (Å²) in [7, 11) is 2.12. The summed E-state index contributed by atoms with van der Waals surface area (Å²) in [5.74, 6) is 1.64. The second-order valence-corrected chi connectivity index (χ2v) is 8.70. The minimum atomic E-state index is -0.155. The first-order valence-electron chi connectivity index (χ1n) is 10.3. The number of piperazine rings is 1. The Labute approximate surface area is 162 Å². The van der Waals surface area contributed by atoms with Gasteiger partial charge in [-0.2, -0.15) is 0 Å². The molecule has 0 radical (unpaired) electrons. The van der Waals surface area contributed by atoms with E-state index in [2.05, 4.69) is 30.7 Å². The second-order valence-electron chi connectivity index (χ2n) is 8.70. The maximum Gasteiger partial charge on any atom is 0.325 e. The van der Waals surface area contributed by atoms with Crippen molar-refractivity contribution in [1.82, 2.24) is 9.80 Å². The standard InChI is InChI=1S/C22H32N2O3/c1-15-16(2)21-18(6-9-22(27-21)7-5-8-22)17(3)20(15)26-19(25)14-24-12-10-23(4)11-13-24/h5-14H2,1-4H3. The Balaban J connectivity index is 1.51. The predicted octanol–water partition coefficient (Wildman–Crippen LogP) is 3.01. The van der Waals surface area contributed by atoms with Gasteiger partial charge in [-0.3, -0.25) is 9.69 Å². The molecule has 1 saturated heterocycles. The number of carbonyl (C=O) groups excluding carboxylic acids is 1. The zero-order valence-electron chi connectivity index (χ0n) is 17.2. The van der Waals surface area contributed by atoms with Crippen molar-refractivity contribution >= 4 is 5.97 Å². The third-order valence-corrected chi connectivity index (χ3v) is 6.89. The highest BCUT2D eigenvalue weighted by molar-refractivity contribution is 5.76. The summed E-state index contributed by atoms with van der Waals surface area (Å²) in [5, 5.41) is 0. The minimum Gasteiger partial charge on any atom is -0.487 e. The number of benzene rings is 1. The van der Waals surface area contributed by atoms with E-state index < -0.39 is 0 Å². The van der Waals surface area contributed by atoms with Crippen LogP contribution in [0.25, 0.3) is 0 Å². The topological polar surface area (TPSA) is 42.0 Å². The fourth-order valence-electron chi connectivity index (χ4n) is 4.63. The number of hydrogen-bond donors (Lipinski definition) is 0. The quantitative estimate of drug-likeness (QED) is 0.603. The molecule has 2 fully saturated rings. The summed E-state index contributed by atoms with van der Waals surface area (Å²) in [5.41, 5.74) is 4.56. The monoisotopic (exact) mass is 372 g/mol. The average molecular weight is 373 g/mol. The summed E-state index contributed by atoms with van der Waals surface area (Å²) in [6, 6.07) is 0. The first kappa shape index (κ1) is 18.8. The molecule has 148 valence electrons. The van der Waals surface area contributed by atoms with Gasteiger partial charge in [-0.05, 0) is 76.6 Å². The molecule has 0 bridgehead atoms. The number of ether oxygens (including phenoxy) is 2. The van der Waals surface area contributed by atoms with Crippen molar-refractivity contribution in [3.63, 3.8) is 0 Å². The van der Waals surface area contributed by atoms with Crippen LogP contribution in [-0.2, 0) is 11.2 Å². The first-order chi connectivity index (χ1) is 12.9. The van der Waals surface area contributed by atoms with E-state index in [1.807, 2.05) is 6.92 Å². The van der Waals surface area contributed by atoms with Gasteiger partial charge in [-0.1, -0.05) is 0 Å². The Bertz CT molecular complexity index is 747. The molecule has 1 aliphatic carbocycles. The van der Waals surface area contributed by atoms with Gasteiger partial charge in [0.1, 0.15) is 17.1 Å². The van der Waals surface area contributed by atoms with Crippen LogP contribution in [0.1, 0.15) is 47.9 Å². The largest absolute Gasteiger partial charge is 0.487 e. The minimum absolute atomic E-state index is 0.0796. The van der Waals surface area contributed by atoms with Crippen LogP contribution in [-0.4, -0.2) is 61.1 Å². The number of rotatable bonds is 3. The molecule has 5 heteroatoms. The first-order valence-corrected chi connectivity index (χ1v) is 10.3. The van der Waals surface area contributed by atoms with Crippen LogP contribution in [0.2, 0.25) is 0 Å². The highest BCUT2D eigenvalue weighted by atomic mass is 16.5. The van der Waals surface area contributed by atoms with Gasteiger partial charge in [0, 0.05) is 31.7 Å². The lowest BCUT2D eigenvalue weighted by Crippen LogP contribution is -2.47. The zero-order chi connectivity index (χ0) is 19.2. The summed E-state index contributed by atoms with van der Waals surface area (Å²) < 4.78 is 12.4. The fourth-order valence-corrected chi connectivity index (χ4v) is 4.63. The van der Waals surface area contributed by atoms with Crippen LogP contribution in [0.5, 0.6) is 11.5 Å². The molecule has 1 spiro atoms. The molecule has 0 atom stereocenters. The molecule has 27 heavy (non-hydrogen) atoms. The van der Waals surface area contributed by atoms with Crippen LogP contribution in [0.15, 0.2) is 0 Å². The Morgan fingerprint density at radius 2 is 1.74 bits per heavy atom. The van der Waals surface area contributed by atoms with Gasteiger partial charge >= 0.3 is 5.97 Å². The maximum atomic E-state index is 12.6. The van der Waals surface area contributed by atoms with E-state index in [0.717, 1.165) is 67.2 Å². The van der Waals surface area contributed by atoms with Crippen molar-refractivity contribution < 1.29 is 14.3 Å². The molecule has 3 aliphatic rings. The Hall–Kier alpha value is -1.59. The predicted molar refractivity (Wildman–Crippen MR) is 106 cm³/mol. The molecular formula is C22H32N2O3. The smallest absolute Gasteiger partial charge is 0.325 e. The van der Waals surface area contributed by atoms with Crippen molar-refractivity contribution in [2.24, 2.45) is 0 Å². The van der Waals surface area contributed by atoms with E-state index in [-0.39, 0.29) is 11.6 Å². The highest BCUT2D eigenvalue weighted by Gasteiger charge is 2.43. The lowest BCUT2D eigenvalue weighted by atomic mass is 9.73. The molecule has 2 aliphatic heterocycles. The highest BCUT2D eigenvalue weighted by Crippen LogP contribution is 2.49. The Kier molecular flexibility index (Phi) is 4.93. The molecule has 2 heterocycles. The normalized spacial score (nSPS) is 22.1. The van der Waals surface area contributed by atoms with Crippen LogP contribution in [0, 0.1) is 20.8 Å². The van der Waals surface area contributed by atoms with Gasteiger partial charge in [0.15, 0.2) is 0 Å². The van der Waals surface area contributed by atoms with Crippen molar-refractivity contribution in [3.05, 3.63) is 22.3 Å². The van der Waals surface area contributed by atoms with Gasteiger partial charge < -0.3 is 14.4 Å². The zero-order valence-corrected chi connectivity index (χ0v) is 17.2. The van der Waals surface area contributed by atoms with E-state index in [4.69, 9.17) is 9.47 Å². The molecule has 0 amide bonds. The van der Waals surface area contributed by atoms with Crippen LogP contribution in [0.3, 0.4) is 0 Å². The summed E-state index contributed by atoms with van der Waals surface area (Å²) >= 11 is 0. The Morgan fingerprint density at radius 3 is 2.37 bits per heavy atom. The Morgan fingerprint density at radius 1 is 1.04 bits per heavy atom. The SMILES string of the molecule is Cc1c(C)c2c(c(C)c1OC(=O)CN1CCN(C)CC1)CCC1(CCC1)O2. The van der Waals surface area contributed by atoms with E-state index in [1.54, 1.807) is 0 Å². The third kappa shape index (κ3) is 3.47. The molecular weight excluding hydrogens is 340 g/mol. The second kappa shape index (κ2) is 7.10. The van der Waals surface area contributed by atoms with Crippen molar-refractivity contribution in [2.45, 2.75) is 58.5 Å². The molecule has 5 nitrogen and oxygen atoms in total. The molecule has 4 rings (SSSR count). The van der Waals surface area contributed by atoms with Gasteiger partial charge in [-0.25, -0.2) is 0 Å². The average Bonchev–Trinajstić information content (AvgIpc) is 2.63. The van der Waals surface area contributed by atoms with Gasteiger partial charge in [0.05, 0.1) is 6.54 Å². The molecule has 0 N–H and O–H groups in total. The van der Waals surface area contributed by atoms with E-state index in [9.17, 15) is 4.79 Å². The fraction of sp³-hybridized carbons (Fsp3) is 0.682. The maximum absolute atomic E-state index is 12.6. The molecule has 1 aromatic rings. The number of likely N-dealkylation sites (N-methyl/N-ethyl adjacent to an activating group) is 1. The van der Waals surface area contributed by atoms with Gasteiger partial charge in [-0.15, -0.1) is 0 Å². The third-order valence-electron chi connectivity index (χ3n) is 6.89. The summed E-state index contributed by atoms with van der Waals surface area (Å²) in [6.07, 6.45) is 5.72. The van der Waals surface area contributed by atoms with E-state index >= 15 is 0 Å². The van der Waals surface area contributed by atoms with Gasteiger partial charge in [0.25, 0.3) is 0 Å². The van der Waals surface area contributed by atoms with Crippen molar-refractivity contribution in [1.29, 1.82) is 0 Å². The van der Waals surface area contributed by atoms with E-state index in [0.29, 0.717) is 6.54 Å². The van der Waals surface area contributed by atoms with Crippen molar-refractivity contribution in [3.8, 4) is 11.5 Å². The number of fused-ring (bicyclic) bond motifs is 1. The van der Waals surface area contributed by atoms with Crippen LogP contribution < -0.4 is 9.47 Å². The van der Waals surface area contributed by atoms with Crippen molar-refractivity contribution in [2.75, 3.05) is 39.8 Å². The molecule has 1 aromatic carbocycles. The number of hydrogen-bond acceptors (Lipinski definition) is 5. The molecule has 0 aromatic heterocycles. The van der Waals surface area contributed by atoms with Gasteiger partial charge in [0.2, 0.25) is 0 Å². The lowest BCUT2D eigenvalue weighted by molar-refractivity contribution is -0.136. The number of carbonyl (C=O) groups is 1. The van der Waals surface area contributed by atoms with Crippen LogP contribution in [0.4, 0.5) is 0 Å². The number of esters is 1. The molecule has 0 unspecified atom stereocenters. The lowest BCUT2D eigenvalue weighted by Gasteiger charge is -2.46. The number of nitrogens with zero attached hydrogens (tertiary/aromatic N) is 2.